The summed E-state index contributed by atoms with van der Waals surface area (Å²) in [6.07, 6.45) is -0.169. The molecule has 0 saturated carbocycles. The third-order valence-corrected chi connectivity index (χ3v) is 4.61. The lowest BCUT2D eigenvalue weighted by molar-refractivity contribution is -0.147. The van der Waals surface area contributed by atoms with Gasteiger partial charge in [-0.3, -0.25) is 14.4 Å². The van der Waals surface area contributed by atoms with E-state index in [0.717, 1.165) is 16.8 Å². The van der Waals surface area contributed by atoms with Crippen molar-refractivity contribution < 1.29 is 19.1 Å². The average molecular weight is 423 g/mol. The molecule has 0 heterocycles. The molecule has 0 bridgehead atoms. The minimum absolute atomic E-state index is 0.0407. The summed E-state index contributed by atoms with van der Waals surface area (Å²) < 4.78 is 4.89. The summed E-state index contributed by atoms with van der Waals surface area (Å²) in [4.78, 5) is 35.6. The molecular formula is C20H20Cl2N2O4. The van der Waals surface area contributed by atoms with Crippen LogP contribution in [0, 0.1) is 13.8 Å². The van der Waals surface area contributed by atoms with E-state index in [1.165, 1.54) is 6.07 Å². The Morgan fingerprint density at radius 1 is 0.893 bits per heavy atom. The zero-order chi connectivity index (χ0) is 20.7. The van der Waals surface area contributed by atoms with E-state index < -0.39 is 18.5 Å². The van der Waals surface area contributed by atoms with Gasteiger partial charge in [-0.2, -0.15) is 0 Å². The number of carbonyl (C=O) groups is 3. The molecular weight excluding hydrogens is 403 g/mol. The SMILES string of the molecule is Cc1cccc(C)c1NC(=O)CCC(=O)OCC(=O)Nc1ccc(Cl)c(Cl)c1. The van der Waals surface area contributed by atoms with Crippen molar-refractivity contribution in [2.24, 2.45) is 0 Å². The second-order valence-electron chi connectivity index (χ2n) is 6.15. The van der Waals surface area contributed by atoms with Crippen LogP contribution < -0.4 is 10.6 Å². The Labute approximate surface area is 173 Å². The Bertz CT molecular complexity index is 880. The zero-order valence-corrected chi connectivity index (χ0v) is 17.0. The van der Waals surface area contributed by atoms with Crippen LogP contribution in [-0.2, 0) is 19.1 Å². The molecule has 8 heteroatoms. The third-order valence-electron chi connectivity index (χ3n) is 3.87. The third kappa shape index (κ3) is 6.55. The first-order valence-electron chi connectivity index (χ1n) is 8.53. The van der Waals surface area contributed by atoms with Crippen LogP contribution in [0.2, 0.25) is 10.0 Å². The molecule has 0 aliphatic heterocycles. The van der Waals surface area contributed by atoms with Crippen molar-refractivity contribution in [2.75, 3.05) is 17.2 Å². The van der Waals surface area contributed by atoms with Gasteiger partial charge in [-0.1, -0.05) is 41.4 Å². The lowest BCUT2D eigenvalue weighted by Crippen LogP contribution is -2.22. The molecule has 2 aromatic carbocycles. The maximum absolute atomic E-state index is 12.0. The number of hydrogen-bond donors (Lipinski definition) is 2. The van der Waals surface area contributed by atoms with Crippen molar-refractivity contribution in [2.45, 2.75) is 26.7 Å². The highest BCUT2D eigenvalue weighted by molar-refractivity contribution is 6.42. The Morgan fingerprint density at radius 2 is 1.57 bits per heavy atom. The number of esters is 1. The molecule has 28 heavy (non-hydrogen) atoms. The van der Waals surface area contributed by atoms with E-state index in [9.17, 15) is 14.4 Å². The molecule has 0 aliphatic carbocycles. The van der Waals surface area contributed by atoms with E-state index in [4.69, 9.17) is 27.9 Å². The summed E-state index contributed by atoms with van der Waals surface area (Å²) in [6, 6.07) is 10.3. The summed E-state index contributed by atoms with van der Waals surface area (Å²) in [5.41, 5.74) is 3.05. The van der Waals surface area contributed by atoms with Crippen LogP contribution in [0.5, 0.6) is 0 Å². The molecule has 148 valence electrons. The molecule has 0 fully saturated rings. The smallest absolute Gasteiger partial charge is 0.306 e. The summed E-state index contributed by atoms with van der Waals surface area (Å²) >= 11 is 11.7. The van der Waals surface area contributed by atoms with Crippen molar-refractivity contribution in [3.8, 4) is 0 Å². The maximum atomic E-state index is 12.0. The molecule has 6 nitrogen and oxygen atoms in total. The van der Waals surface area contributed by atoms with Crippen LogP contribution >= 0.6 is 23.2 Å². The Hall–Kier alpha value is -2.57. The van der Waals surface area contributed by atoms with Crippen molar-refractivity contribution in [3.63, 3.8) is 0 Å². The van der Waals surface area contributed by atoms with Gasteiger partial charge in [0.25, 0.3) is 5.91 Å². The average Bonchev–Trinajstić information content (AvgIpc) is 2.64. The highest BCUT2D eigenvalue weighted by atomic mass is 35.5. The summed E-state index contributed by atoms with van der Waals surface area (Å²) in [5.74, 6) is -1.46. The molecule has 2 rings (SSSR count). The van der Waals surface area contributed by atoms with Gasteiger partial charge in [0.2, 0.25) is 5.91 Å². The molecule has 0 atom stereocenters. The van der Waals surface area contributed by atoms with E-state index in [1.54, 1.807) is 12.1 Å². The first-order valence-corrected chi connectivity index (χ1v) is 9.28. The fourth-order valence-electron chi connectivity index (χ4n) is 2.42. The molecule has 2 aromatic rings. The number of anilines is 2. The standard InChI is InChI=1S/C20H20Cl2N2O4/c1-12-4-3-5-13(2)20(12)24-17(25)8-9-19(27)28-11-18(26)23-14-6-7-15(21)16(22)10-14/h3-7,10H,8-9,11H2,1-2H3,(H,23,26)(H,24,25). The van der Waals surface area contributed by atoms with Gasteiger partial charge < -0.3 is 15.4 Å². The number of ether oxygens (including phenoxy) is 1. The molecule has 0 spiro atoms. The molecule has 0 aliphatic rings. The van der Waals surface area contributed by atoms with E-state index in [-0.39, 0.29) is 18.7 Å². The number of nitrogens with one attached hydrogen (secondary N) is 2. The highest BCUT2D eigenvalue weighted by Gasteiger charge is 2.12. The Balaban J connectivity index is 1.74. The van der Waals surface area contributed by atoms with Crippen LogP contribution in [0.15, 0.2) is 36.4 Å². The van der Waals surface area contributed by atoms with Crippen LogP contribution in [0.25, 0.3) is 0 Å². The van der Waals surface area contributed by atoms with E-state index in [1.807, 2.05) is 32.0 Å². The molecule has 0 radical (unpaired) electrons. The van der Waals surface area contributed by atoms with Crippen LogP contribution in [0.1, 0.15) is 24.0 Å². The van der Waals surface area contributed by atoms with Gasteiger partial charge in [0.05, 0.1) is 16.5 Å². The zero-order valence-electron chi connectivity index (χ0n) is 15.5. The summed E-state index contributed by atoms with van der Waals surface area (Å²) in [7, 11) is 0. The van der Waals surface area contributed by atoms with Crippen molar-refractivity contribution in [1.82, 2.24) is 0 Å². The highest BCUT2D eigenvalue weighted by Crippen LogP contribution is 2.25. The van der Waals surface area contributed by atoms with Gasteiger partial charge in [0.1, 0.15) is 0 Å². The molecule has 0 unspecified atom stereocenters. The largest absolute Gasteiger partial charge is 0.456 e. The molecule has 0 saturated heterocycles. The Kier molecular flexibility index (Phi) is 7.84. The summed E-state index contributed by atoms with van der Waals surface area (Å²) in [6.45, 7) is 3.32. The monoisotopic (exact) mass is 422 g/mol. The predicted molar refractivity (Wildman–Crippen MR) is 110 cm³/mol. The fourth-order valence-corrected chi connectivity index (χ4v) is 2.72. The lowest BCUT2D eigenvalue weighted by atomic mass is 10.1. The molecule has 2 amide bonds. The van der Waals surface area contributed by atoms with Gasteiger partial charge in [-0.25, -0.2) is 0 Å². The van der Waals surface area contributed by atoms with Crippen molar-refractivity contribution in [3.05, 3.63) is 57.6 Å². The van der Waals surface area contributed by atoms with E-state index in [2.05, 4.69) is 10.6 Å². The quantitative estimate of drug-likeness (QED) is 0.642. The second-order valence-corrected chi connectivity index (χ2v) is 6.97. The number of para-hydroxylation sites is 1. The Morgan fingerprint density at radius 3 is 2.21 bits per heavy atom. The van der Waals surface area contributed by atoms with Crippen molar-refractivity contribution in [1.29, 1.82) is 0 Å². The number of hydrogen-bond acceptors (Lipinski definition) is 4. The minimum Gasteiger partial charge on any atom is -0.456 e. The first-order chi connectivity index (χ1) is 13.3. The maximum Gasteiger partial charge on any atom is 0.306 e. The fraction of sp³-hybridized carbons (Fsp3) is 0.250. The number of aryl methyl sites for hydroxylation is 2. The topological polar surface area (TPSA) is 84.5 Å². The van der Waals surface area contributed by atoms with Crippen LogP contribution in [-0.4, -0.2) is 24.4 Å². The van der Waals surface area contributed by atoms with E-state index in [0.29, 0.717) is 15.7 Å². The van der Waals surface area contributed by atoms with Crippen molar-refractivity contribution >= 4 is 52.4 Å². The lowest BCUT2D eigenvalue weighted by Gasteiger charge is -2.11. The summed E-state index contributed by atoms with van der Waals surface area (Å²) in [5, 5.41) is 5.99. The number of benzene rings is 2. The van der Waals surface area contributed by atoms with Gasteiger partial charge in [-0.05, 0) is 43.2 Å². The number of halogens is 2. The number of rotatable bonds is 7. The van der Waals surface area contributed by atoms with Crippen LogP contribution in [0.4, 0.5) is 11.4 Å². The van der Waals surface area contributed by atoms with Gasteiger partial charge >= 0.3 is 5.97 Å². The van der Waals surface area contributed by atoms with Gasteiger partial charge in [-0.15, -0.1) is 0 Å². The van der Waals surface area contributed by atoms with E-state index >= 15 is 0 Å². The van der Waals surface area contributed by atoms with Gasteiger partial charge in [0.15, 0.2) is 6.61 Å². The predicted octanol–water partition coefficient (Wildman–Crippen LogP) is 4.51. The molecule has 2 N–H and O–H groups in total. The number of amides is 2. The van der Waals surface area contributed by atoms with Gasteiger partial charge in [0, 0.05) is 17.8 Å². The normalized spacial score (nSPS) is 10.3. The van der Waals surface area contributed by atoms with Crippen LogP contribution in [0.3, 0.4) is 0 Å². The minimum atomic E-state index is -0.638. The number of carbonyl (C=O) groups excluding carboxylic acids is 3. The first kappa shape index (κ1) is 21.7. The molecule has 0 aromatic heterocycles. The second kappa shape index (κ2) is 10.1.